The van der Waals surface area contributed by atoms with Crippen LogP contribution in [0.4, 0.5) is 0 Å². The quantitative estimate of drug-likeness (QED) is 0.426. The maximum Gasteiger partial charge on any atom is 0.325 e. The molecule has 2 aromatic heterocycles. The van der Waals surface area contributed by atoms with E-state index in [9.17, 15) is 18.0 Å². The summed E-state index contributed by atoms with van der Waals surface area (Å²) in [5.41, 5.74) is 2.61. The number of esters is 1. The molecule has 2 aromatic carbocycles. The van der Waals surface area contributed by atoms with Gasteiger partial charge in [-0.05, 0) is 23.3 Å². The lowest BCUT2D eigenvalue weighted by Crippen LogP contribution is -2.48. The Morgan fingerprint density at radius 2 is 1.88 bits per heavy atom. The first kappa shape index (κ1) is 20.8. The molecule has 10 heteroatoms. The molecule has 164 valence electrons. The monoisotopic (exact) mass is 469 g/mol. The molecule has 1 unspecified atom stereocenters. The number of para-hydroxylation sites is 1. The summed E-state index contributed by atoms with van der Waals surface area (Å²) in [6.07, 6.45) is 1.31. The van der Waals surface area contributed by atoms with Crippen molar-refractivity contribution in [1.29, 1.82) is 0 Å². The number of ether oxygens (including phenoxy) is 1. The number of nitrogens with zero attached hydrogens (tertiary/aromatic N) is 3. The van der Waals surface area contributed by atoms with E-state index in [4.69, 9.17) is 4.74 Å². The van der Waals surface area contributed by atoms with Crippen LogP contribution in [0.2, 0.25) is 0 Å². The predicted octanol–water partition coefficient (Wildman–Crippen LogP) is 2.34. The first-order valence-electron chi connectivity index (χ1n) is 9.92. The molecule has 0 N–H and O–H groups in total. The molecule has 1 atom stereocenters. The second-order valence-electron chi connectivity index (χ2n) is 7.68. The number of fused-ring (bicyclic) bond motifs is 4. The van der Waals surface area contributed by atoms with Gasteiger partial charge in [0.05, 0.1) is 22.2 Å². The Kier molecular flexibility index (Phi) is 5.07. The van der Waals surface area contributed by atoms with E-state index in [0.29, 0.717) is 10.7 Å². The van der Waals surface area contributed by atoms with Crippen LogP contribution in [0, 0.1) is 0 Å². The molecule has 0 saturated carbocycles. The summed E-state index contributed by atoms with van der Waals surface area (Å²) in [5, 5.41) is 0. The molecule has 0 spiro atoms. The minimum absolute atomic E-state index is 0.113. The Labute approximate surface area is 187 Å². The maximum atomic E-state index is 12.9. The van der Waals surface area contributed by atoms with Crippen LogP contribution in [0.25, 0.3) is 15.2 Å². The third kappa shape index (κ3) is 3.70. The van der Waals surface area contributed by atoms with E-state index in [1.54, 1.807) is 0 Å². The molecule has 0 radical (unpaired) electrons. The van der Waals surface area contributed by atoms with Gasteiger partial charge < -0.3 is 4.74 Å². The van der Waals surface area contributed by atoms with Gasteiger partial charge in [-0.2, -0.15) is 4.31 Å². The zero-order chi connectivity index (χ0) is 22.5. The zero-order valence-electron chi connectivity index (χ0n) is 17.1. The molecule has 5 rings (SSSR count). The fourth-order valence-electron chi connectivity index (χ4n) is 3.99. The van der Waals surface area contributed by atoms with Gasteiger partial charge in [0, 0.05) is 19.0 Å². The van der Waals surface area contributed by atoms with Crippen molar-refractivity contribution >= 4 is 42.5 Å². The lowest BCUT2D eigenvalue weighted by atomic mass is 9.96. The topological polar surface area (TPSA) is 98.0 Å². The molecule has 4 aromatic rings. The van der Waals surface area contributed by atoms with Gasteiger partial charge in [-0.3, -0.25) is 14.0 Å². The van der Waals surface area contributed by atoms with Crippen LogP contribution in [0.1, 0.15) is 16.8 Å². The first-order valence-corrected chi connectivity index (χ1v) is 12.6. The van der Waals surface area contributed by atoms with E-state index in [1.165, 1.54) is 21.8 Å². The van der Waals surface area contributed by atoms with Crippen molar-refractivity contribution in [2.45, 2.75) is 25.6 Å². The highest BCUT2D eigenvalue weighted by atomic mass is 32.2. The summed E-state index contributed by atoms with van der Waals surface area (Å²) in [7, 11) is -3.63. The third-order valence-corrected chi connectivity index (χ3v) is 7.77. The lowest BCUT2D eigenvalue weighted by molar-refractivity contribution is -0.150. The van der Waals surface area contributed by atoms with Crippen molar-refractivity contribution in [3.63, 3.8) is 0 Å². The van der Waals surface area contributed by atoms with Crippen molar-refractivity contribution in [2.75, 3.05) is 6.26 Å². The average Bonchev–Trinajstić information content (AvgIpc) is 3.15. The minimum atomic E-state index is -3.63. The molecule has 0 amide bonds. The summed E-state index contributed by atoms with van der Waals surface area (Å²) in [6.45, 7) is -0.101. The van der Waals surface area contributed by atoms with Crippen molar-refractivity contribution in [3.8, 4) is 0 Å². The van der Waals surface area contributed by atoms with E-state index in [-0.39, 0.29) is 25.1 Å². The Morgan fingerprint density at radius 3 is 2.66 bits per heavy atom. The number of benzene rings is 2. The third-order valence-electron chi connectivity index (χ3n) is 5.51. The van der Waals surface area contributed by atoms with Crippen molar-refractivity contribution in [3.05, 3.63) is 81.8 Å². The highest BCUT2D eigenvalue weighted by molar-refractivity contribution is 7.88. The van der Waals surface area contributed by atoms with Crippen LogP contribution in [0.15, 0.2) is 59.4 Å². The summed E-state index contributed by atoms with van der Waals surface area (Å²) in [6, 6.07) is 15.3. The van der Waals surface area contributed by atoms with Crippen molar-refractivity contribution < 1.29 is 17.9 Å². The van der Waals surface area contributed by atoms with Gasteiger partial charge in [-0.25, -0.2) is 13.4 Å². The average molecular weight is 470 g/mol. The Balaban J connectivity index is 1.40. The van der Waals surface area contributed by atoms with Crippen molar-refractivity contribution in [1.82, 2.24) is 13.7 Å². The second kappa shape index (κ2) is 7.80. The van der Waals surface area contributed by atoms with E-state index >= 15 is 0 Å². The van der Waals surface area contributed by atoms with Crippen LogP contribution in [-0.2, 0) is 39.1 Å². The van der Waals surface area contributed by atoms with Crippen LogP contribution >= 0.6 is 11.3 Å². The van der Waals surface area contributed by atoms with E-state index < -0.39 is 22.0 Å². The van der Waals surface area contributed by atoms with Gasteiger partial charge >= 0.3 is 5.97 Å². The molecule has 8 nitrogen and oxygen atoms in total. The fraction of sp³-hybridized carbons (Fsp3) is 0.227. The molecule has 0 saturated heterocycles. The molecule has 0 bridgehead atoms. The smallest absolute Gasteiger partial charge is 0.325 e. The molecule has 1 aliphatic rings. The SMILES string of the molecule is CS(=O)(=O)N1Cc2ccccc2CC1C(=O)OCc1cc(=O)n2c(n1)sc1ccccc12. The molecule has 1 aliphatic heterocycles. The van der Waals surface area contributed by atoms with Gasteiger partial charge in [0.2, 0.25) is 10.0 Å². The summed E-state index contributed by atoms with van der Waals surface area (Å²) < 4.78 is 33.7. The predicted molar refractivity (Wildman–Crippen MR) is 121 cm³/mol. The highest BCUT2D eigenvalue weighted by Crippen LogP contribution is 2.27. The number of hydrogen-bond acceptors (Lipinski definition) is 7. The van der Waals surface area contributed by atoms with Gasteiger partial charge in [-0.15, -0.1) is 0 Å². The van der Waals surface area contributed by atoms with Crippen molar-refractivity contribution in [2.24, 2.45) is 0 Å². The van der Waals surface area contributed by atoms with Gasteiger partial charge in [0.1, 0.15) is 12.6 Å². The summed E-state index contributed by atoms with van der Waals surface area (Å²) >= 11 is 1.37. The van der Waals surface area contributed by atoms with Gasteiger partial charge in [0.25, 0.3) is 5.56 Å². The molecular weight excluding hydrogens is 450 g/mol. The molecule has 3 heterocycles. The molecule has 0 aliphatic carbocycles. The number of thiazole rings is 1. The molecule has 32 heavy (non-hydrogen) atoms. The number of rotatable bonds is 4. The van der Waals surface area contributed by atoms with E-state index in [1.807, 2.05) is 48.5 Å². The number of carbonyl (C=O) groups excluding carboxylic acids is 1. The van der Waals surface area contributed by atoms with Gasteiger partial charge in [0.15, 0.2) is 4.96 Å². The fourth-order valence-corrected chi connectivity index (χ4v) is 6.03. The lowest BCUT2D eigenvalue weighted by Gasteiger charge is -2.33. The Morgan fingerprint density at radius 1 is 1.16 bits per heavy atom. The van der Waals surface area contributed by atoms with E-state index in [2.05, 4.69) is 4.98 Å². The normalized spacial score (nSPS) is 16.8. The van der Waals surface area contributed by atoms with E-state index in [0.717, 1.165) is 31.9 Å². The van der Waals surface area contributed by atoms with Crippen LogP contribution in [0.5, 0.6) is 0 Å². The number of sulfonamides is 1. The van der Waals surface area contributed by atoms with Crippen LogP contribution in [0.3, 0.4) is 0 Å². The van der Waals surface area contributed by atoms with Crippen LogP contribution < -0.4 is 5.56 Å². The van der Waals surface area contributed by atoms with Crippen LogP contribution in [-0.4, -0.2) is 40.4 Å². The largest absolute Gasteiger partial charge is 0.458 e. The maximum absolute atomic E-state index is 12.9. The standard InChI is InChI=1S/C22H19N3O5S2/c1-32(28,29)24-12-15-7-3-2-6-14(15)10-18(24)21(27)30-13-16-11-20(26)25-17-8-4-5-9-19(17)31-22(25)23-16/h2-9,11,18H,10,12-13H2,1H3. The number of carbonyl (C=O) groups is 1. The zero-order valence-corrected chi connectivity index (χ0v) is 18.7. The highest BCUT2D eigenvalue weighted by Gasteiger charge is 2.37. The molecular formula is C22H19N3O5S2. The Hall–Kier alpha value is -3.08. The second-order valence-corrected chi connectivity index (χ2v) is 10.6. The summed E-state index contributed by atoms with van der Waals surface area (Å²) in [4.78, 5) is 30.5. The number of hydrogen-bond donors (Lipinski definition) is 0. The molecule has 0 fully saturated rings. The van der Waals surface area contributed by atoms with Gasteiger partial charge in [-0.1, -0.05) is 47.7 Å². The first-order chi connectivity index (χ1) is 15.3. The minimum Gasteiger partial charge on any atom is -0.458 e. The summed E-state index contributed by atoms with van der Waals surface area (Å²) in [5.74, 6) is -0.664. The Bertz CT molecular complexity index is 1520. The number of aromatic nitrogens is 2.